The summed E-state index contributed by atoms with van der Waals surface area (Å²) in [6.45, 7) is 0. The van der Waals surface area contributed by atoms with Gasteiger partial charge in [0, 0.05) is 5.56 Å². The number of methoxy groups -OCH3 is 1. The lowest BCUT2D eigenvalue weighted by Crippen LogP contribution is -2.01. The molecule has 0 aliphatic heterocycles. The normalized spacial score (nSPS) is 10.8. The first kappa shape index (κ1) is 14.4. The molecule has 2 aromatic rings. The monoisotopic (exact) mass is 279 g/mol. The van der Waals surface area contributed by atoms with E-state index in [1.165, 1.54) is 6.07 Å². The highest BCUT2D eigenvalue weighted by Crippen LogP contribution is 2.22. The summed E-state index contributed by atoms with van der Waals surface area (Å²) in [7, 11) is 1.58. The maximum absolute atomic E-state index is 11.2. The van der Waals surface area contributed by atoms with Gasteiger partial charge in [-0.05, 0) is 29.8 Å². The zero-order valence-electron chi connectivity index (χ0n) is 11.4. The number of carboxylic acids is 1. The smallest absolute Gasteiger partial charge is 0.336 e. The van der Waals surface area contributed by atoms with Crippen molar-refractivity contribution in [2.45, 2.75) is 0 Å². The fourth-order valence-electron chi connectivity index (χ4n) is 1.94. The summed E-state index contributed by atoms with van der Waals surface area (Å²) in [5.74, 6) is -0.335. The summed E-state index contributed by atoms with van der Waals surface area (Å²) in [4.78, 5) is 11.2. The minimum Gasteiger partial charge on any atom is -0.497 e. The molecule has 104 valence electrons. The molecule has 0 spiro atoms. The lowest BCUT2D eigenvalue weighted by atomic mass is 9.98. The van der Waals surface area contributed by atoms with Crippen molar-refractivity contribution >= 4 is 17.6 Å². The molecule has 0 aliphatic rings. The van der Waals surface area contributed by atoms with E-state index >= 15 is 0 Å². The Bertz CT molecular complexity index is 724. The highest BCUT2D eigenvalue weighted by molar-refractivity contribution is 6.00. The van der Waals surface area contributed by atoms with Gasteiger partial charge in [-0.25, -0.2) is 4.79 Å². The van der Waals surface area contributed by atoms with Gasteiger partial charge in [-0.2, -0.15) is 5.26 Å². The summed E-state index contributed by atoms with van der Waals surface area (Å²) in [5.41, 5.74) is 1.62. The van der Waals surface area contributed by atoms with Gasteiger partial charge in [0.2, 0.25) is 0 Å². The van der Waals surface area contributed by atoms with Gasteiger partial charge in [0.1, 0.15) is 5.75 Å². The highest BCUT2D eigenvalue weighted by Gasteiger charge is 2.12. The standard InChI is InChI=1S/C17H13NO3/c1-21-14-8-6-12(7-9-14)10-13(11-18)15-4-2-3-5-16(15)17(19)20/h2-10H,1H3,(H,19,20)/b13-10+. The van der Waals surface area contributed by atoms with Gasteiger partial charge in [-0.15, -0.1) is 0 Å². The number of carboxylic acid groups (broad SMARTS) is 1. The average Bonchev–Trinajstić information content (AvgIpc) is 2.53. The Morgan fingerprint density at radius 2 is 1.76 bits per heavy atom. The Morgan fingerprint density at radius 3 is 2.29 bits per heavy atom. The molecule has 4 nitrogen and oxygen atoms in total. The molecule has 0 atom stereocenters. The largest absolute Gasteiger partial charge is 0.497 e. The van der Waals surface area contributed by atoms with Crippen LogP contribution in [-0.4, -0.2) is 18.2 Å². The van der Waals surface area contributed by atoms with Crippen LogP contribution < -0.4 is 4.74 Å². The molecule has 0 radical (unpaired) electrons. The van der Waals surface area contributed by atoms with Crippen molar-refractivity contribution in [3.8, 4) is 11.8 Å². The van der Waals surface area contributed by atoms with Crippen molar-refractivity contribution in [1.82, 2.24) is 0 Å². The third-order valence-electron chi connectivity index (χ3n) is 2.99. The van der Waals surface area contributed by atoms with E-state index in [2.05, 4.69) is 6.07 Å². The summed E-state index contributed by atoms with van der Waals surface area (Å²) >= 11 is 0. The summed E-state index contributed by atoms with van der Waals surface area (Å²) in [5, 5.41) is 18.5. The predicted molar refractivity (Wildman–Crippen MR) is 79.9 cm³/mol. The van der Waals surface area contributed by atoms with Gasteiger partial charge >= 0.3 is 5.97 Å². The molecule has 0 unspecified atom stereocenters. The van der Waals surface area contributed by atoms with Crippen molar-refractivity contribution in [2.75, 3.05) is 7.11 Å². The second-order valence-electron chi connectivity index (χ2n) is 4.29. The zero-order chi connectivity index (χ0) is 15.2. The van der Waals surface area contributed by atoms with Crippen LogP contribution in [0, 0.1) is 11.3 Å². The minimum atomic E-state index is -1.05. The van der Waals surface area contributed by atoms with Crippen LogP contribution in [0.4, 0.5) is 0 Å². The van der Waals surface area contributed by atoms with E-state index in [1.54, 1.807) is 55.7 Å². The third-order valence-corrected chi connectivity index (χ3v) is 2.99. The third kappa shape index (κ3) is 3.28. The topological polar surface area (TPSA) is 70.3 Å². The average molecular weight is 279 g/mol. The van der Waals surface area contributed by atoms with E-state index in [1.807, 2.05) is 0 Å². The van der Waals surface area contributed by atoms with Crippen LogP contribution >= 0.6 is 0 Å². The Labute approximate surface area is 122 Å². The van der Waals surface area contributed by atoms with Gasteiger partial charge in [0.25, 0.3) is 0 Å². The number of nitriles is 1. The molecule has 2 aromatic carbocycles. The molecule has 0 heterocycles. The molecule has 0 aromatic heterocycles. The van der Waals surface area contributed by atoms with Crippen LogP contribution in [0.1, 0.15) is 21.5 Å². The van der Waals surface area contributed by atoms with Gasteiger partial charge in [0.15, 0.2) is 0 Å². The number of hydrogen-bond acceptors (Lipinski definition) is 3. The van der Waals surface area contributed by atoms with Gasteiger partial charge < -0.3 is 9.84 Å². The van der Waals surface area contributed by atoms with Crippen LogP contribution in [-0.2, 0) is 0 Å². The molecule has 2 rings (SSSR count). The Morgan fingerprint density at radius 1 is 1.14 bits per heavy atom. The SMILES string of the molecule is COc1ccc(/C=C(\C#N)c2ccccc2C(=O)O)cc1. The van der Waals surface area contributed by atoms with Crippen molar-refractivity contribution in [3.05, 3.63) is 65.2 Å². The minimum absolute atomic E-state index is 0.110. The lowest BCUT2D eigenvalue weighted by molar-refractivity contribution is 0.0696. The summed E-state index contributed by atoms with van der Waals surface area (Å²) in [6, 6.07) is 15.7. The van der Waals surface area contributed by atoms with Crippen LogP contribution in [0.15, 0.2) is 48.5 Å². The number of allylic oxidation sites excluding steroid dienone is 1. The first-order chi connectivity index (χ1) is 10.2. The van der Waals surface area contributed by atoms with E-state index < -0.39 is 5.97 Å². The quantitative estimate of drug-likeness (QED) is 0.687. The molecular weight excluding hydrogens is 266 g/mol. The molecule has 0 amide bonds. The van der Waals surface area contributed by atoms with Gasteiger partial charge in [-0.3, -0.25) is 0 Å². The Balaban J connectivity index is 2.46. The number of hydrogen-bond donors (Lipinski definition) is 1. The van der Waals surface area contributed by atoms with Crippen LogP contribution in [0.2, 0.25) is 0 Å². The van der Waals surface area contributed by atoms with Gasteiger partial charge in [-0.1, -0.05) is 30.3 Å². The number of ether oxygens (including phenoxy) is 1. The number of benzene rings is 2. The molecule has 1 N–H and O–H groups in total. The van der Waals surface area contributed by atoms with Crippen LogP contribution in [0.5, 0.6) is 5.75 Å². The Hall–Kier alpha value is -3.06. The van der Waals surface area contributed by atoms with E-state index in [0.29, 0.717) is 11.1 Å². The summed E-state index contributed by atoms with van der Waals surface area (Å²) in [6.07, 6.45) is 1.65. The molecular formula is C17H13NO3. The first-order valence-corrected chi connectivity index (χ1v) is 6.24. The number of aromatic carboxylic acids is 1. The van der Waals surface area contributed by atoms with Crippen LogP contribution in [0.25, 0.3) is 11.6 Å². The molecule has 0 saturated heterocycles. The van der Waals surface area contributed by atoms with Crippen molar-refractivity contribution in [1.29, 1.82) is 5.26 Å². The van der Waals surface area contributed by atoms with Crippen molar-refractivity contribution in [3.63, 3.8) is 0 Å². The summed E-state index contributed by atoms with van der Waals surface area (Å²) < 4.78 is 5.07. The van der Waals surface area contributed by atoms with Crippen molar-refractivity contribution in [2.24, 2.45) is 0 Å². The number of carbonyl (C=O) groups is 1. The second kappa shape index (κ2) is 6.40. The first-order valence-electron chi connectivity index (χ1n) is 6.24. The van der Waals surface area contributed by atoms with Gasteiger partial charge in [0.05, 0.1) is 24.3 Å². The second-order valence-corrected chi connectivity index (χ2v) is 4.29. The lowest BCUT2D eigenvalue weighted by Gasteiger charge is -2.05. The van der Waals surface area contributed by atoms with Crippen LogP contribution in [0.3, 0.4) is 0 Å². The van der Waals surface area contributed by atoms with E-state index in [-0.39, 0.29) is 5.56 Å². The maximum atomic E-state index is 11.2. The molecule has 0 saturated carbocycles. The predicted octanol–water partition coefficient (Wildman–Crippen LogP) is 3.46. The molecule has 21 heavy (non-hydrogen) atoms. The highest BCUT2D eigenvalue weighted by atomic mass is 16.5. The molecule has 0 aliphatic carbocycles. The fourth-order valence-corrected chi connectivity index (χ4v) is 1.94. The van der Waals surface area contributed by atoms with E-state index in [9.17, 15) is 15.2 Å². The van der Waals surface area contributed by atoms with Crippen molar-refractivity contribution < 1.29 is 14.6 Å². The maximum Gasteiger partial charge on any atom is 0.336 e. The number of nitrogens with zero attached hydrogens (tertiary/aromatic N) is 1. The molecule has 0 bridgehead atoms. The Kier molecular flexibility index (Phi) is 4.37. The van der Waals surface area contributed by atoms with E-state index in [0.717, 1.165) is 11.3 Å². The molecule has 0 fully saturated rings. The number of rotatable bonds is 4. The van der Waals surface area contributed by atoms with E-state index in [4.69, 9.17) is 4.74 Å². The fraction of sp³-hybridized carbons (Fsp3) is 0.0588. The zero-order valence-corrected chi connectivity index (χ0v) is 11.4. The molecule has 4 heteroatoms.